The Morgan fingerprint density at radius 3 is 2.65 bits per heavy atom. The van der Waals surface area contributed by atoms with Crippen LogP contribution in [0.4, 0.5) is 0 Å². The number of likely N-dealkylation sites (tertiary alicyclic amines) is 1. The lowest BCUT2D eigenvalue weighted by Crippen LogP contribution is -2.30. The van der Waals surface area contributed by atoms with Gasteiger partial charge < -0.3 is 9.84 Å². The van der Waals surface area contributed by atoms with Crippen LogP contribution in [0.5, 0.6) is 0 Å². The summed E-state index contributed by atoms with van der Waals surface area (Å²) in [5.41, 5.74) is 1.64. The number of ether oxygens (including phenoxy) is 1. The third-order valence-corrected chi connectivity index (χ3v) is 4.37. The van der Waals surface area contributed by atoms with E-state index in [0.717, 1.165) is 37.9 Å². The first-order valence-electron chi connectivity index (χ1n) is 8.25. The number of carboxylic acids is 1. The van der Waals surface area contributed by atoms with Crippen molar-refractivity contribution in [1.29, 1.82) is 0 Å². The van der Waals surface area contributed by atoms with Crippen LogP contribution in [0.15, 0.2) is 24.3 Å². The van der Waals surface area contributed by atoms with E-state index >= 15 is 0 Å². The van der Waals surface area contributed by atoms with Crippen molar-refractivity contribution in [3.63, 3.8) is 0 Å². The van der Waals surface area contributed by atoms with Crippen LogP contribution >= 0.6 is 0 Å². The number of aliphatic carboxylic acids is 1. The minimum atomic E-state index is -0.745. The Labute approximate surface area is 137 Å². The van der Waals surface area contributed by atoms with Crippen LogP contribution in [0.2, 0.25) is 0 Å². The molecular formula is C18H25NO4. The summed E-state index contributed by atoms with van der Waals surface area (Å²) in [7, 11) is 0. The van der Waals surface area contributed by atoms with Gasteiger partial charge in [0.2, 0.25) is 0 Å². The molecule has 0 spiro atoms. The fourth-order valence-corrected chi connectivity index (χ4v) is 2.85. The summed E-state index contributed by atoms with van der Waals surface area (Å²) < 4.78 is 5.31. The lowest BCUT2D eigenvalue weighted by atomic mass is 10.1. The standard InChI is InChI=1S/C18H25NO4/c1-3-13(2)23-18(22)15-8-6-14(7-9-15)12-19-10-4-5-16(19)11-17(20)21/h6-9,13,16H,3-5,10-12H2,1-2H3,(H,20,21). The minimum absolute atomic E-state index is 0.0800. The van der Waals surface area contributed by atoms with Crippen LogP contribution in [0, 0.1) is 0 Å². The molecule has 23 heavy (non-hydrogen) atoms. The smallest absolute Gasteiger partial charge is 0.338 e. The molecular weight excluding hydrogens is 294 g/mol. The van der Waals surface area contributed by atoms with Gasteiger partial charge in [-0.25, -0.2) is 4.79 Å². The van der Waals surface area contributed by atoms with Gasteiger partial charge >= 0.3 is 11.9 Å². The molecule has 0 amide bonds. The molecule has 2 atom stereocenters. The summed E-state index contributed by atoms with van der Waals surface area (Å²) in [4.78, 5) is 25.1. The maximum absolute atomic E-state index is 11.9. The molecule has 0 aliphatic carbocycles. The van der Waals surface area contributed by atoms with Gasteiger partial charge in [0.15, 0.2) is 0 Å². The van der Waals surface area contributed by atoms with Gasteiger partial charge in [0.05, 0.1) is 18.1 Å². The number of hydrogen-bond acceptors (Lipinski definition) is 4. The number of hydrogen-bond donors (Lipinski definition) is 1. The molecule has 2 unspecified atom stereocenters. The third kappa shape index (κ3) is 5.06. The average Bonchev–Trinajstić information content (AvgIpc) is 2.94. The van der Waals surface area contributed by atoms with E-state index < -0.39 is 5.97 Å². The number of rotatable bonds is 7. The zero-order valence-electron chi connectivity index (χ0n) is 13.8. The Morgan fingerprint density at radius 1 is 1.35 bits per heavy atom. The van der Waals surface area contributed by atoms with Crippen LogP contribution in [0.1, 0.15) is 55.5 Å². The monoisotopic (exact) mass is 319 g/mol. The molecule has 1 N–H and O–H groups in total. The van der Waals surface area contributed by atoms with Crippen molar-refractivity contribution in [1.82, 2.24) is 4.90 Å². The topological polar surface area (TPSA) is 66.8 Å². The second-order valence-electron chi connectivity index (χ2n) is 6.19. The Balaban J connectivity index is 1.94. The molecule has 1 aromatic carbocycles. The number of esters is 1. The summed E-state index contributed by atoms with van der Waals surface area (Å²) in [6.45, 7) is 5.50. The highest BCUT2D eigenvalue weighted by molar-refractivity contribution is 5.89. The first kappa shape index (κ1) is 17.5. The van der Waals surface area contributed by atoms with Crippen molar-refractivity contribution in [3.05, 3.63) is 35.4 Å². The number of benzene rings is 1. The van der Waals surface area contributed by atoms with E-state index in [1.54, 1.807) is 12.1 Å². The predicted molar refractivity (Wildman–Crippen MR) is 87.3 cm³/mol. The van der Waals surface area contributed by atoms with Crippen LogP contribution in [0.25, 0.3) is 0 Å². The summed E-state index contributed by atoms with van der Waals surface area (Å²) >= 11 is 0. The Hall–Kier alpha value is -1.88. The summed E-state index contributed by atoms with van der Waals surface area (Å²) in [6.07, 6.45) is 2.88. The average molecular weight is 319 g/mol. The fraction of sp³-hybridized carbons (Fsp3) is 0.556. The van der Waals surface area contributed by atoms with Crippen molar-refractivity contribution in [2.45, 2.75) is 58.2 Å². The molecule has 1 aromatic rings. The molecule has 5 nitrogen and oxygen atoms in total. The normalized spacial score (nSPS) is 19.5. The lowest BCUT2D eigenvalue weighted by Gasteiger charge is -2.23. The molecule has 1 aliphatic heterocycles. The maximum atomic E-state index is 11.9. The van der Waals surface area contributed by atoms with Crippen molar-refractivity contribution in [3.8, 4) is 0 Å². The Bertz CT molecular complexity index is 540. The van der Waals surface area contributed by atoms with Gasteiger partial charge in [-0.2, -0.15) is 0 Å². The van der Waals surface area contributed by atoms with E-state index in [1.165, 1.54) is 0 Å². The number of carbonyl (C=O) groups excluding carboxylic acids is 1. The highest BCUT2D eigenvalue weighted by atomic mass is 16.5. The molecule has 0 saturated carbocycles. The minimum Gasteiger partial charge on any atom is -0.481 e. The SMILES string of the molecule is CCC(C)OC(=O)c1ccc(CN2CCCC2CC(=O)O)cc1. The van der Waals surface area contributed by atoms with Gasteiger partial charge in [0, 0.05) is 12.6 Å². The van der Waals surface area contributed by atoms with E-state index in [-0.39, 0.29) is 24.5 Å². The highest BCUT2D eigenvalue weighted by Crippen LogP contribution is 2.22. The Morgan fingerprint density at radius 2 is 2.04 bits per heavy atom. The fourth-order valence-electron chi connectivity index (χ4n) is 2.85. The van der Waals surface area contributed by atoms with Gasteiger partial charge in [-0.1, -0.05) is 19.1 Å². The van der Waals surface area contributed by atoms with Gasteiger partial charge in [0.1, 0.15) is 0 Å². The number of carbonyl (C=O) groups is 2. The lowest BCUT2D eigenvalue weighted by molar-refractivity contribution is -0.138. The zero-order valence-corrected chi connectivity index (χ0v) is 13.8. The van der Waals surface area contributed by atoms with Gasteiger partial charge in [-0.05, 0) is 50.4 Å². The molecule has 2 rings (SSSR count). The van der Waals surface area contributed by atoms with E-state index in [1.807, 2.05) is 26.0 Å². The summed E-state index contributed by atoms with van der Waals surface area (Å²) in [5, 5.41) is 8.97. The second-order valence-corrected chi connectivity index (χ2v) is 6.19. The van der Waals surface area contributed by atoms with Crippen molar-refractivity contribution in [2.24, 2.45) is 0 Å². The van der Waals surface area contributed by atoms with E-state index in [2.05, 4.69) is 4.90 Å². The summed E-state index contributed by atoms with van der Waals surface area (Å²) in [6, 6.07) is 7.51. The second kappa shape index (κ2) is 8.11. The quantitative estimate of drug-likeness (QED) is 0.782. The van der Waals surface area contributed by atoms with E-state index in [9.17, 15) is 9.59 Å². The molecule has 1 heterocycles. The molecule has 1 aliphatic rings. The van der Waals surface area contributed by atoms with Crippen LogP contribution in [-0.2, 0) is 16.1 Å². The molecule has 1 fully saturated rings. The molecule has 0 radical (unpaired) electrons. The number of carboxylic acid groups (broad SMARTS) is 1. The molecule has 0 aromatic heterocycles. The van der Waals surface area contributed by atoms with Crippen molar-refractivity contribution < 1.29 is 19.4 Å². The van der Waals surface area contributed by atoms with Crippen molar-refractivity contribution >= 4 is 11.9 Å². The van der Waals surface area contributed by atoms with Gasteiger partial charge in [0.25, 0.3) is 0 Å². The van der Waals surface area contributed by atoms with Gasteiger partial charge in [-0.3, -0.25) is 9.69 Å². The maximum Gasteiger partial charge on any atom is 0.338 e. The highest BCUT2D eigenvalue weighted by Gasteiger charge is 2.26. The largest absolute Gasteiger partial charge is 0.481 e. The zero-order chi connectivity index (χ0) is 16.8. The van der Waals surface area contributed by atoms with Gasteiger partial charge in [-0.15, -0.1) is 0 Å². The predicted octanol–water partition coefficient (Wildman–Crippen LogP) is 3.08. The van der Waals surface area contributed by atoms with Crippen LogP contribution in [0.3, 0.4) is 0 Å². The van der Waals surface area contributed by atoms with Crippen molar-refractivity contribution in [2.75, 3.05) is 6.54 Å². The molecule has 126 valence electrons. The van der Waals surface area contributed by atoms with E-state index in [0.29, 0.717) is 5.56 Å². The Kier molecular flexibility index (Phi) is 6.16. The summed E-state index contributed by atoms with van der Waals surface area (Å²) in [5.74, 6) is -1.04. The first-order valence-corrected chi connectivity index (χ1v) is 8.25. The third-order valence-electron chi connectivity index (χ3n) is 4.37. The number of nitrogens with zero attached hydrogens (tertiary/aromatic N) is 1. The van der Waals surface area contributed by atoms with Crippen LogP contribution in [-0.4, -0.2) is 40.6 Å². The van der Waals surface area contributed by atoms with Crippen LogP contribution < -0.4 is 0 Å². The molecule has 5 heteroatoms. The first-order chi connectivity index (χ1) is 11.0. The molecule has 1 saturated heterocycles. The van der Waals surface area contributed by atoms with E-state index in [4.69, 9.17) is 9.84 Å². The molecule has 0 bridgehead atoms.